The molecule has 118 valence electrons. The molecule has 0 spiro atoms. The molecular weight excluding hydrogens is 379 g/mol. The van der Waals surface area contributed by atoms with Crippen molar-refractivity contribution in [1.82, 2.24) is 5.32 Å². The molecule has 1 amide bonds. The van der Waals surface area contributed by atoms with E-state index in [-0.39, 0.29) is 11.9 Å². The highest BCUT2D eigenvalue weighted by molar-refractivity contribution is 9.10. The molecule has 0 fully saturated rings. The number of benzene rings is 1. The first kappa shape index (κ1) is 17.0. The summed E-state index contributed by atoms with van der Waals surface area (Å²) in [6.45, 7) is 1.76. The third kappa shape index (κ3) is 4.58. The summed E-state index contributed by atoms with van der Waals surface area (Å²) in [5.74, 6) is -0.227. The summed E-state index contributed by atoms with van der Waals surface area (Å²) >= 11 is 4.57. The van der Waals surface area contributed by atoms with Crippen LogP contribution in [0.3, 0.4) is 0 Å². The molecule has 1 aromatic carbocycles. The predicted molar refractivity (Wildman–Crippen MR) is 84.1 cm³/mol. The normalized spacial score (nSPS) is 13.0. The van der Waals surface area contributed by atoms with Crippen LogP contribution in [-0.4, -0.2) is 11.9 Å². The standard InChI is InChI=1S/C15H13BrF3NOS/c1-9(20-14(21)13-7-12(16)8-22-13)5-10-3-2-4-11(6-10)15(17,18)19/h2-4,6-9H,5H2,1H3,(H,20,21)/t9-/m0/s1. The molecule has 22 heavy (non-hydrogen) atoms. The largest absolute Gasteiger partial charge is 0.416 e. The van der Waals surface area contributed by atoms with E-state index < -0.39 is 11.7 Å². The summed E-state index contributed by atoms with van der Waals surface area (Å²) in [6, 6.07) is 6.59. The fraction of sp³-hybridized carbons (Fsp3) is 0.267. The lowest BCUT2D eigenvalue weighted by molar-refractivity contribution is -0.137. The summed E-state index contributed by atoms with van der Waals surface area (Å²) in [6.07, 6.45) is -4.02. The smallest absolute Gasteiger partial charge is 0.349 e. The Bertz CT molecular complexity index is 669. The Kier molecular flexibility index (Phi) is 5.28. The summed E-state index contributed by atoms with van der Waals surface area (Å²) < 4.78 is 38.8. The van der Waals surface area contributed by atoms with Crippen LogP contribution < -0.4 is 5.32 Å². The van der Waals surface area contributed by atoms with E-state index >= 15 is 0 Å². The van der Waals surface area contributed by atoms with Crippen LogP contribution in [0.15, 0.2) is 40.2 Å². The van der Waals surface area contributed by atoms with E-state index in [1.165, 1.54) is 17.4 Å². The number of carbonyl (C=O) groups excluding carboxylic acids is 1. The zero-order valence-electron chi connectivity index (χ0n) is 11.6. The van der Waals surface area contributed by atoms with Crippen molar-refractivity contribution >= 4 is 33.2 Å². The summed E-state index contributed by atoms with van der Waals surface area (Å²) in [7, 11) is 0. The number of hydrogen-bond acceptors (Lipinski definition) is 2. The second kappa shape index (κ2) is 6.83. The third-order valence-electron chi connectivity index (χ3n) is 2.96. The first-order valence-corrected chi connectivity index (χ1v) is 8.14. The van der Waals surface area contributed by atoms with Crippen LogP contribution in [0, 0.1) is 0 Å². The van der Waals surface area contributed by atoms with Gasteiger partial charge in [-0.05, 0) is 47.0 Å². The molecule has 1 heterocycles. The van der Waals surface area contributed by atoms with Gasteiger partial charge < -0.3 is 5.32 Å². The maximum Gasteiger partial charge on any atom is 0.416 e. The first-order valence-electron chi connectivity index (χ1n) is 6.47. The van der Waals surface area contributed by atoms with Gasteiger partial charge >= 0.3 is 6.18 Å². The fourth-order valence-corrected chi connectivity index (χ4v) is 3.34. The molecule has 1 aromatic heterocycles. The Hall–Kier alpha value is -1.34. The van der Waals surface area contributed by atoms with Gasteiger partial charge in [-0.1, -0.05) is 18.2 Å². The van der Waals surface area contributed by atoms with Crippen molar-refractivity contribution in [2.45, 2.75) is 25.6 Å². The third-order valence-corrected chi connectivity index (χ3v) is 4.65. The van der Waals surface area contributed by atoms with Crippen LogP contribution in [0.4, 0.5) is 13.2 Å². The van der Waals surface area contributed by atoms with Gasteiger partial charge in [-0.25, -0.2) is 0 Å². The van der Waals surface area contributed by atoms with Crippen LogP contribution >= 0.6 is 27.3 Å². The van der Waals surface area contributed by atoms with Crippen molar-refractivity contribution in [2.24, 2.45) is 0 Å². The zero-order valence-corrected chi connectivity index (χ0v) is 14.0. The van der Waals surface area contributed by atoms with E-state index in [2.05, 4.69) is 21.2 Å². The van der Waals surface area contributed by atoms with Gasteiger partial charge in [0, 0.05) is 15.9 Å². The fourth-order valence-electron chi connectivity index (χ4n) is 2.01. The Labute approximate surface area is 138 Å². The van der Waals surface area contributed by atoms with Crippen LogP contribution in [0.25, 0.3) is 0 Å². The van der Waals surface area contributed by atoms with Crippen molar-refractivity contribution in [2.75, 3.05) is 0 Å². The average Bonchev–Trinajstić information content (AvgIpc) is 2.84. The van der Waals surface area contributed by atoms with E-state index in [1.807, 2.05) is 0 Å². The van der Waals surface area contributed by atoms with Gasteiger partial charge in [-0.15, -0.1) is 11.3 Å². The Morgan fingerprint density at radius 1 is 1.36 bits per heavy atom. The molecule has 7 heteroatoms. The van der Waals surface area contributed by atoms with Crippen LogP contribution in [0.1, 0.15) is 27.7 Å². The molecule has 0 aliphatic rings. The highest BCUT2D eigenvalue weighted by atomic mass is 79.9. The zero-order chi connectivity index (χ0) is 16.3. The highest BCUT2D eigenvalue weighted by Gasteiger charge is 2.30. The molecule has 0 aliphatic carbocycles. The van der Waals surface area contributed by atoms with Crippen molar-refractivity contribution in [1.29, 1.82) is 0 Å². The molecule has 0 aliphatic heterocycles. The Morgan fingerprint density at radius 3 is 2.68 bits per heavy atom. The highest BCUT2D eigenvalue weighted by Crippen LogP contribution is 2.29. The number of rotatable bonds is 4. The molecule has 2 nitrogen and oxygen atoms in total. The Balaban J connectivity index is 2.00. The molecule has 1 atom stereocenters. The molecule has 0 saturated heterocycles. The summed E-state index contributed by atoms with van der Waals surface area (Å²) in [5.41, 5.74) is -0.138. The summed E-state index contributed by atoms with van der Waals surface area (Å²) in [4.78, 5) is 12.5. The first-order chi connectivity index (χ1) is 10.3. The van der Waals surface area contributed by atoms with E-state index in [1.54, 1.807) is 24.4 Å². The maximum atomic E-state index is 12.7. The van der Waals surface area contributed by atoms with Gasteiger partial charge in [0.15, 0.2) is 0 Å². The SMILES string of the molecule is C[C@@H](Cc1cccc(C(F)(F)F)c1)NC(=O)c1cc(Br)cs1. The van der Waals surface area contributed by atoms with Crippen LogP contribution in [0.2, 0.25) is 0 Å². The van der Waals surface area contributed by atoms with E-state index in [9.17, 15) is 18.0 Å². The molecule has 0 radical (unpaired) electrons. The Morgan fingerprint density at radius 2 is 2.09 bits per heavy atom. The number of thiophene rings is 1. The van der Waals surface area contributed by atoms with E-state index in [0.29, 0.717) is 16.9 Å². The van der Waals surface area contributed by atoms with Crippen molar-refractivity contribution in [3.8, 4) is 0 Å². The molecule has 2 rings (SSSR count). The number of halogens is 4. The van der Waals surface area contributed by atoms with Gasteiger partial charge in [0.25, 0.3) is 5.91 Å². The predicted octanol–water partition coefficient (Wildman–Crippen LogP) is 4.89. The van der Waals surface area contributed by atoms with Gasteiger partial charge in [-0.2, -0.15) is 13.2 Å². The van der Waals surface area contributed by atoms with E-state index in [0.717, 1.165) is 16.6 Å². The number of carbonyl (C=O) groups is 1. The molecule has 1 N–H and O–H groups in total. The van der Waals surface area contributed by atoms with Crippen LogP contribution in [-0.2, 0) is 12.6 Å². The lowest BCUT2D eigenvalue weighted by Gasteiger charge is -2.14. The molecule has 0 bridgehead atoms. The number of alkyl halides is 3. The summed E-state index contributed by atoms with van der Waals surface area (Å²) in [5, 5.41) is 4.58. The molecule has 0 saturated carbocycles. The minimum atomic E-state index is -4.36. The van der Waals surface area contributed by atoms with Gasteiger partial charge in [0.05, 0.1) is 10.4 Å². The molecule has 2 aromatic rings. The minimum absolute atomic E-state index is 0.227. The quantitative estimate of drug-likeness (QED) is 0.789. The lowest BCUT2D eigenvalue weighted by Crippen LogP contribution is -2.33. The molecular formula is C15H13BrF3NOS. The monoisotopic (exact) mass is 391 g/mol. The second-order valence-electron chi connectivity index (χ2n) is 4.91. The van der Waals surface area contributed by atoms with Gasteiger partial charge in [0.1, 0.15) is 0 Å². The van der Waals surface area contributed by atoms with Gasteiger partial charge in [0.2, 0.25) is 0 Å². The number of hydrogen-bond donors (Lipinski definition) is 1. The minimum Gasteiger partial charge on any atom is -0.349 e. The lowest BCUT2D eigenvalue weighted by atomic mass is 10.0. The topological polar surface area (TPSA) is 29.1 Å². The number of nitrogens with one attached hydrogen (secondary N) is 1. The maximum absolute atomic E-state index is 12.7. The average molecular weight is 392 g/mol. The second-order valence-corrected chi connectivity index (χ2v) is 6.73. The van der Waals surface area contributed by atoms with Crippen molar-refractivity contribution in [3.63, 3.8) is 0 Å². The van der Waals surface area contributed by atoms with Crippen molar-refractivity contribution < 1.29 is 18.0 Å². The molecule has 0 unspecified atom stereocenters. The number of amides is 1. The van der Waals surface area contributed by atoms with Crippen LogP contribution in [0.5, 0.6) is 0 Å². The van der Waals surface area contributed by atoms with E-state index in [4.69, 9.17) is 0 Å². The van der Waals surface area contributed by atoms with Crippen molar-refractivity contribution in [3.05, 3.63) is 56.2 Å². The van der Waals surface area contributed by atoms with Gasteiger partial charge in [-0.3, -0.25) is 4.79 Å².